The summed E-state index contributed by atoms with van der Waals surface area (Å²) < 4.78 is 0. The zero-order chi connectivity index (χ0) is 17.9. The molecule has 2 heterocycles. The highest BCUT2D eigenvalue weighted by Gasteiger charge is 2.41. The van der Waals surface area contributed by atoms with Crippen LogP contribution in [0.25, 0.3) is 0 Å². The summed E-state index contributed by atoms with van der Waals surface area (Å²) in [5, 5.41) is 3.67. The van der Waals surface area contributed by atoms with E-state index in [1.54, 1.807) is 0 Å². The average molecular weight is 364 g/mol. The van der Waals surface area contributed by atoms with Crippen LogP contribution >= 0.6 is 11.6 Å². The molecule has 2 aliphatic rings. The van der Waals surface area contributed by atoms with Crippen molar-refractivity contribution in [2.75, 3.05) is 33.2 Å². The Morgan fingerprint density at radius 3 is 2.88 bits per heavy atom. The van der Waals surface area contributed by atoms with Crippen LogP contribution in [0.3, 0.4) is 0 Å². The first-order chi connectivity index (χ1) is 12.0. The molecule has 0 bridgehead atoms. The van der Waals surface area contributed by atoms with E-state index in [0.717, 1.165) is 36.5 Å². The summed E-state index contributed by atoms with van der Waals surface area (Å²) >= 11 is 6.19. The number of amides is 2. The third kappa shape index (κ3) is 4.15. The lowest BCUT2D eigenvalue weighted by atomic mass is 9.86. The molecule has 0 aromatic heterocycles. The average Bonchev–Trinajstić information content (AvgIpc) is 2.79. The van der Waals surface area contributed by atoms with Crippen LogP contribution in [-0.2, 0) is 16.0 Å². The summed E-state index contributed by atoms with van der Waals surface area (Å²) in [4.78, 5) is 28.8. The molecule has 0 aliphatic carbocycles. The minimum absolute atomic E-state index is 0.0859. The topological polar surface area (TPSA) is 52.6 Å². The quantitative estimate of drug-likeness (QED) is 0.894. The second-order valence-electron chi connectivity index (χ2n) is 7.15. The monoisotopic (exact) mass is 363 g/mol. The molecular formula is C19H26ClN3O2. The lowest BCUT2D eigenvalue weighted by molar-refractivity contribution is -0.136. The standard InChI is InChI=1S/C19H26ClN3O2/c1-22-12-13-23(14-19(22)9-8-17(24)21-11-10-19)18(25)7-6-15-4-2-3-5-16(15)20/h2-5H,6-14H2,1H3,(H,21,24)/t19-/m1/s1. The number of benzene rings is 1. The Morgan fingerprint density at radius 1 is 1.28 bits per heavy atom. The Bertz CT molecular complexity index is 651. The van der Waals surface area contributed by atoms with Gasteiger partial charge in [0.2, 0.25) is 11.8 Å². The number of likely N-dealkylation sites (N-methyl/N-ethyl adjacent to an activating group) is 1. The second-order valence-corrected chi connectivity index (χ2v) is 7.56. The van der Waals surface area contributed by atoms with Crippen molar-refractivity contribution in [1.82, 2.24) is 15.1 Å². The number of hydrogen-bond acceptors (Lipinski definition) is 3. The predicted molar refractivity (Wildman–Crippen MR) is 98.6 cm³/mol. The molecule has 2 saturated heterocycles. The summed E-state index contributed by atoms with van der Waals surface area (Å²) in [6.07, 6.45) is 3.37. The number of carbonyl (C=O) groups is 2. The van der Waals surface area contributed by atoms with Crippen LogP contribution < -0.4 is 5.32 Å². The van der Waals surface area contributed by atoms with Crippen LogP contribution in [0.1, 0.15) is 31.2 Å². The second kappa shape index (κ2) is 7.75. The molecule has 2 amide bonds. The van der Waals surface area contributed by atoms with Gasteiger partial charge in [0.15, 0.2) is 0 Å². The minimum Gasteiger partial charge on any atom is -0.356 e. The number of hydrogen-bond donors (Lipinski definition) is 1. The highest BCUT2D eigenvalue weighted by atomic mass is 35.5. The number of nitrogens with zero attached hydrogens (tertiary/aromatic N) is 2. The van der Waals surface area contributed by atoms with Crippen LogP contribution in [0.2, 0.25) is 5.02 Å². The Hall–Kier alpha value is -1.59. The molecule has 1 aromatic carbocycles. The van der Waals surface area contributed by atoms with Crippen molar-refractivity contribution in [3.63, 3.8) is 0 Å². The summed E-state index contributed by atoms with van der Waals surface area (Å²) in [6.45, 7) is 3.00. The van der Waals surface area contributed by atoms with Crippen LogP contribution in [0.4, 0.5) is 0 Å². The normalized spacial score (nSPS) is 24.9. The maximum Gasteiger partial charge on any atom is 0.223 e. The fourth-order valence-electron chi connectivity index (χ4n) is 3.91. The molecule has 5 nitrogen and oxygen atoms in total. The van der Waals surface area contributed by atoms with Gasteiger partial charge in [-0.2, -0.15) is 0 Å². The van der Waals surface area contributed by atoms with Crippen molar-refractivity contribution in [3.8, 4) is 0 Å². The maximum atomic E-state index is 12.7. The Morgan fingerprint density at radius 2 is 2.08 bits per heavy atom. The molecule has 25 heavy (non-hydrogen) atoms. The summed E-state index contributed by atoms with van der Waals surface area (Å²) in [7, 11) is 2.11. The van der Waals surface area contributed by atoms with Crippen molar-refractivity contribution in [1.29, 1.82) is 0 Å². The number of rotatable bonds is 3. The Labute approximate surface area is 154 Å². The van der Waals surface area contributed by atoms with Crippen molar-refractivity contribution in [2.24, 2.45) is 0 Å². The van der Waals surface area contributed by atoms with Crippen LogP contribution in [0, 0.1) is 0 Å². The van der Waals surface area contributed by atoms with Gasteiger partial charge < -0.3 is 10.2 Å². The van der Waals surface area contributed by atoms with Crippen LogP contribution in [0.5, 0.6) is 0 Å². The smallest absolute Gasteiger partial charge is 0.223 e. The van der Waals surface area contributed by atoms with E-state index in [1.165, 1.54) is 0 Å². The van der Waals surface area contributed by atoms with Gasteiger partial charge in [-0.15, -0.1) is 0 Å². The number of nitrogens with one attached hydrogen (secondary N) is 1. The van der Waals surface area contributed by atoms with Crippen molar-refractivity contribution in [2.45, 2.75) is 37.6 Å². The molecule has 3 rings (SSSR count). The lowest BCUT2D eigenvalue weighted by Crippen LogP contribution is -2.62. The van der Waals surface area contributed by atoms with Crippen molar-refractivity contribution in [3.05, 3.63) is 34.9 Å². The van der Waals surface area contributed by atoms with E-state index in [0.29, 0.717) is 32.4 Å². The molecule has 1 spiro atoms. The van der Waals surface area contributed by atoms with Crippen molar-refractivity contribution < 1.29 is 9.59 Å². The first-order valence-electron chi connectivity index (χ1n) is 8.99. The van der Waals surface area contributed by atoms with Gasteiger partial charge in [-0.25, -0.2) is 0 Å². The fraction of sp³-hybridized carbons (Fsp3) is 0.579. The van der Waals surface area contributed by atoms with E-state index in [1.807, 2.05) is 29.2 Å². The Kier molecular flexibility index (Phi) is 5.64. The van der Waals surface area contributed by atoms with Gasteiger partial charge in [-0.1, -0.05) is 29.8 Å². The maximum absolute atomic E-state index is 12.7. The molecule has 1 atom stereocenters. The van der Waals surface area contributed by atoms with Crippen LogP contribution in [-0.4, -0.2) is 60.4 Å². The van der Waals surface area contributed by atoms with Crippen molar-refractivity contribution >= 4 is 23.4 Å². The summed E-state index contributed by atoms with van der Waals surface area (Å²) in [5.74, 6) is 0.295. The third-order valence-corrected chi connectivity index (χ3v) is 6.02. The number of halogens is 1. The summed E-state index contributed by atoms with van der Waals surface area (Å²) in [5.41, 5.74) is 0.933. The van der Waals surface area contributed by atoms with E-state index in [9.17, 15) is 9.59 Å². The van der Waals surface area contributed by atoms with Gasteiger partial charge in [0.05, 0.1) is 0 Å². The molecule has 6 heteroatoms. The number of aryl methyl sites for hydroxylation is 1. The van der Waals surface area contributed by atoms with E-state index in [2.05, 4.69) is 17.3 Å². The SMILES string of the molecule is CN1CCN(C(=O)CCc2ccccc2Cl)C[C@@]12CCNC(=O)CC2. The van der Waals surface area contributed by atoms with E-state index in [-0.39, 0.29) is 17.4 Å². The van der Waals surface area contributed by atoms with Gasteiger partial charge in [-0.3, -0.25) is 14.5 Å². The highest BCUT2D eigenvalue weighted by molar-refractivity contribution is 6.31. The highest BCUT2D eigenvalue weighted by Crippen LogP contribution is 2.30. The van der Waals surface area contributed by atoms with E-state index < -0.39 is 0 Å². The molecule has 2 fully saturated rings. The molecule has 1 aromatic rings. The predicted octanol–water partition coefficient (Wildman–Crippen LogP) is 2.09. The zero-order valence-electron chi connectivity index (χ0n) is 14.8. The van der Waals surface area contributed by atoms with Crippen LogP contribution in [0.15, 0.2) is 24.3 Å². The molecular weight excluding hydrogens is 338 g/mol. The molecule has 136 valence electrons. The molecule has 2 aliphatic heterocycles. The summed E-state index contributed by atoms with van der Waals surface area (Å²) in [6, 6.07) is 7.69. The zero-order valence-corrected chi connectivity index (χ0v) is 15.5. The Balaban J connectivity index is 1.63. The largest absolute Gasteiger partial charge is 0.356 e. The van der Waals surface area contributed by atoms with Gasteiger partial charge in [0.1, 0.15) is 0 Å². The minimum atomic E-state index is -0.0859. The molecule has 0 radical (unpaired) electrons. The molecule has 0 unspecified atom stereocenters. The van der Waals surface area contributed by atoms with Gasteiger partial charge >= 0.3 is 0 Å². The third-order valence-electron chi connectivity index (χ3n) is 5.65. The van der Waals surface area contributed by atoms with E-state index >= 15 is 0 Å². The van der Waals surface area contributed by atoms with E-state index in [4.69, 9.17) is 11.6 Å². The first kappa shape index (κ1) is 18.2. The number of carbonyl (C=O) groups excluding carboxylic acids is 2. The lowest BCUT2D eigenvalue weighted by Gasteiger charge is -2.49. The number of piperazine rings is 1. The van der Waals surface area contributed by atoms with Gasteiger partial charge in [-0.05, 0) is 37.9 Å². The van der Waals surface area contributed by atoms with Gasteiger partial charge in [0, 0.05) is 49.6 Å². The fourth-order valence-corrected chi connectivity index (χ4v) is 4.14. The molecule has 1 N–H and O–H groups in total. The molecule has 0 saturated carbocycles. The first-order valence-corrected chi connectivity index (χ1v) is 9.37. The van der Waals surface area contributed by atoms with Gasteiger partial charge in [0.25, 0.3) is 0 Å².